The van der Waals surface area contributed by atoms with Gasteiger partial charge < -0.3 is 13.7 Å². The lowest BCUT2D eigenvalue weighted by molar-refractivity contribution is 0.0969. The van der Waals surface area contributed by atoms with Gasteiger partial charge in [0.15, 0.2) is 16.6 Å². The highest BCUT2D eigenvalue weighted by molar-refractivity contribution is 6.74. The van der Waals surface area contributed by atoms with E-state index < -0.39 is 16.6 Å². The van der Waals surface area contributed by atoms with Crippen molar-refractivity contribution in [2.24, 2.45) is 27.8 Å². The van der Waals surface area contributed by atoms with Gasteiger partial charge in [0.05, 0.1) is 17.9 Å². The molecule has 3 aliphatic rings. The van der Waals surface area contributed by atoms with Crippen LogP contribution in [0.3, 0.4) is 0 Å². The molecular formula is C42H73NO3Si2. The maximum atomic E-state index is 7.10. The molecule has 0 heterocycles. The first-order valence-electron chi connectivity index (χ1n) is 18.8. The van der Waals surface area contributed by atoms with Crippen molar-refractivity contribution in [2.45, 2.75) is 170 Å². The fourth-order valence-electron chi connectivity index (χ4n) is 7.41. The van der Waals surface area contributed by atoms with E-state index in [1.165, 1.54) is 30.4 Å². The van der Waals surface area contributed by atoms with E-state index in [0.29, 0.717) is 11.8 Å². The summed E-state index contributed by atoms with van der Waals surface area (Å²) in [5.41, 5.74) is 6.89. The van der Waals surface area contributed by atoms with Gasteiger partial charge in [-0.05, 0) is 109 Å². The third-order valence-electron chi connectivity index (χ3n) is 12.6. The molecule has 0 saturated heterocycles. The molecule has 4 nitrogen and oxygen atoms in total. The molecule has 0 aliphatic heterocycles. The van der Waals surface area contributed by atoms with Crippen molar-refractivity contribution in [1.29, 1.82) is 0 Å². The molecule has 6 heteroatoms. The zero-order valence-electron chi connectivity index (χ0n) is 34.0. The Morgan fingerprint density at radius 1 is 1.00 bits per heavy atom. The smallest absolute Gasteiger partial charge is 0.192 e. The monoisotopic (exact) mass is 696 g/mol. The van der Waals surface area contributed by atoms with Crippen molar-refractivity contribution >= 4 is 22.3 Å². The average molecular weight is 696 g/mol. The predicted octanol–water partition coefficient (Wildman–Crippen LogP) is 12.7. The molecule has 272 valence electrons. The summed E-state index contributed by atoms with van der Waals surface area (Å²) in [4.78, 5) is 5.14. The topological polar surface area (TPSA) is 40.0 Å². The molecule has 2 saturated carbocycles. The van der Waals surface area contributed by atoms with Crippen LogP contribution in [0.25, 0.3) is 0 Å². The number of hydrogen-bond acceptors (Lipinski definition) is 4. The van der Waals surface area contributed by atoms with Gasteiger partial charge >= 0.3 is 0 Å². The molecule has 0 N–H and O–H groups in total. The lowest BCUT2D eigenvalue weighted by atomic mass is 9.62. The normalized spacial score (nSPS) is 29.1. The van der Waals surface area contributed by atoms with E-state index in [1.807, 2.05) is 0 Å². The van der Waals surface area contributed by atoms with Gasteiger partial charge in [0.1, 0.15) is 7.11 Å². The summed E-state index contributed by atoms with van der Waals surface area (Å²) in [5, 5.41) is 4.61. The maximum Gasteiger partial charge on any atom is 0.192 e. The van der Waals surface area contributed by atoms with E-state index in [4.69, 9.17) is 20.3 Å². The third-order valence-corrected chi connectivity index (χ3v) is 21.6. The van der Waals surface area contributed by atoms with Gasteiger partial charge in [0.25, 0.3) is 0 Å². The Balaban J connectivity index is 1.87. The standard InChI is InChI=1S/C42H73NO3Si2/c1-30(20-18-22-38(43-44-13)39(3,4)5)35-25-26-36-32(21-19-27-42(35,36)12)23-24-33-28-34(45-47(14,15)40(6,7)8)29-37(31(33)2)46-48(16,17)41(9,10)11/h18,22-25,30,34,36-37H,2,19-21,26-29H2,1,3-17H3/t30?,34-,36?,37+,42?/m1/s1. The molecule has 0 spiro atoms. The molecule has 3 rings (SSSR count). The second-order valence-electron chi connectivity index (χ2n) is 19.4. The summed E-state index contributed by atoms with van der Waals surface area (Å²) in [6, 6.07) is 0. The molecule has 0 bridgehead atoms. The number of allylic oxidation sites excluding steroid dienone is 7. The third kappa shape index (κ3) is 9.44. The minimum atomic E-state index is -1.99. The number of oxime groups is 1. The number of rotatable bonds is 10. The zero-order chi connectivity index (χ0) is 36.5. The summed E-state index contributed by atoms with van der Waals surface area (Å²) >= 11 is 0. The van der Waals surface area contributed by atoms with E-state index >= 15 is 0 Å². The van der Waals surface area contributed by atoms with Crippen LogP contribution in [0.2, 0.25) is 36.3 Å². The Hall–Kier alpha value is -1.48. The van der Waals surface area contributed by atoms with Crippen molar-refractivity contribution < 1.29 is 13.7 Å². The SMILES string of the molecule is C=C1C(=CC=C2CCCC3(C)C(C(C)CC=CC(=NOC)C(C)(C)C)=CCC23)C[C@@H](O[Si](C)(C)C(C)(C)C)C[C@@H]1O[Si](C)(C)C(C)(C)C. The second-order valence-corrected chi connectivity index (χ2v) is 28.9. The molecule has 2 fully saturated rings. The van der Waals surface area contributed by atoms with E-state index in [-0.39, 0.29) is 33.1 Å². The Labute approximate surface area is 298 Å². The molecular weight excluding hydrogens is 623 g/mol. The maximum absolute atomic E-state index is 7.10. The van der Waals surface area contributed by atoms with E-state index in [1.54, 1.807) is 18.3 Å². The Morgan fingerprint density at radius 2 is 1.60 bits per heavy atom. The fourth-order valence-corrected chi connectivity index (χ4v) is 10.1. The number of hydrogen-bond donors (Lipinski definition) is 0. The highest BCUT2D eigenvalue weighted by Gasteiger charge is 2.47. The largest absolute Gasteiger partial charge is 0.413 e. The summed E-state index contributed by atoms with van der Waals surface area (Å²) in [7, 11) is -2.30. The molecule has 3 unspecified atom stereocenters. The van der Waals surface area contributed by atoms with E-state index in [0.717, 1.165) is 31.4 Å². The molecule has 0 aromatic carbocycles. The van der Waals surface area contributed by atoms with Crippen LogP contribution in [-0.4, -0.2) is 41.7 Å². The van der Waals surface area contributed by atoms with Crippen LogP contribution in [0.15, 0.2) is 64.4 Å². The lowest BCUT2D eigenvalue weighted by Gasteiger charge is -2.45. The van der Waals surface area contributed by atoms with Gasteiger partial charge in [0, 0.05) is 11.8 Å². The summed E-state index contributed by atoms with van der Waals surface area (Å²) in [5.74, 6) is 1.07. The average Bonchev–Trinajstić information content (AvgIpc) is 3.29. The first-order chi connectivity index (χ1) is 21.8. The van der Waals surface area contributed by atoms with Crippen LogP contribution in [0.1, 0.15) is 121 Å². The highest BCUT2D eigenvalue weighted by atomic mass is 28.4. The molecule has 5 atom stereocenters. The first-order valence-corrected chi connectivity index (χ1v) is 24.6. The molecule has 0 radical (unpaired) electrons. The fraction of sp³-hybridized carbons (Fsp3) is 0.738. The highest BCUT2D eigenvalue weighted by Crippen LogP contribution is 2.57. The van der Waals surface area contributed by atoms with Crippen molar-refractivity contribution in [2.75, 3.05) is 7.11 Å². The Bertz CT molecular complexity index is 1310. The minimum absolute atomic E-state index is 0.0112. The minimum Gasteiger partial charge on any atom is -0.413 e. The molecule has 0 aromatic rings. The van der Waals surface area contributed by atoms with Crippen LogP contribution >= 0.6 is 0 Å². The number of fused-ring (bicyclic) bond motifs is 1. The zero-order valence-corrected chi connectivity index (χ0v) is 36.0. The van der Waals surface area contributed by atoms with Gasteiger partial charge in [-0.25, -0.2) is 0 Å². The Morgan fingerprint density at radius 3 is 2.17 bits per heavy atom. The number of nitrogens with zero attached hydrogens (tertiary/aromatic N) is 1. The van der Waals surface area contributed by atoms with Crippen LogP contribution in [0.4, 0.5) is 0 Å². The second kappa shape index (κ2) is 15.0. The molecule has 0 amide bonds. The summed E-state index contributed by atoms with van der Waals surface area (Å²) in [6.45, 7) is 39.7. The van der Waals surface area contributed by atoms with Gasteiger partial charge in [0.2, 0.25) is 0 Å². The lowest BCUT2D eigenvalue weighted by Crippen LogP contribution is -2.49. The van der Waals surface area contributed by atoms with Crippen molar-refractivity contribution in [3.8, 4) is 0 Å². The summed E-state index contributed by atoms with van der Waals surface area (Å²) in [6.07, 6.45) is 19.8. The predicted molar refractivity (Wildman–Crippen MR) is 214 cm³/mol. The van der Waals surface area contributed by atoms with Crippen molar-refractivity contribution in [1.82, 2.24) is 0 Å². The van der Waals surface area contributed by atoms with Gasteiger partial charge in [-0.3, -0.25) is 0 Å². The molecule has 0 aromatic heterocycles. The van der Waals surface area contributed by atoms with Crippen LogP contribution in [0.5, 0.6) is 0 Å². The van der Waals surface area contributed by atoms with E-state index in [9.17, 15) is 0 Å². The van der Waals surface area contributed by atoms with Crippen LogP contribution in [0, 0.1) is 22.7 Å². The quantitative estimate of drug-likeness (QED) is 0.0988. The van der Waals surface area contributed by atoms with Crippen molar-refractivity contribution in [3.05, 3.63) is 59.3 Å². The molecule has 48 heavy (non-hydrogen) atoms. The van der Waals surface area contributed by atoms with Crippen LogP contribution in [-0.2, 0) is 13.7 Å². The molecule has 3 aliphatic carbocycles. The summed E-state index contributed by atoms with van der Waals surface area (Å²) < 4.78 is 14.2. The van der Waals surface area contributed by atoms with Gasteiger partial charge in [-0.1, -0.05) is 123 Å². The van der Waals surface area contributed by atoms with Crippen LogP contribution < -0.4 is 0 Å². The Kier molecular flexibility index (Phi) is 12.8. The van der Waals surface area contributed by atoms with Gasteiger partial charge in [-0.2, -0.15) is 0 Å². The van der Waals surface area contributed by atoms with Gasteiger partial charge in [-0.15, -0.1) is 0 Å². The van der Waals surface area contributed by atoms with Crippen molar-refractivity contribution in [3.63, 3.8) is 0 Å². The van der Waals surface area contributed by atoms with E-state index in [2.05, 4.69) is 138 Å². The first kappa shape index (κ1) is 40.9.